The lowest BCUT2D eigenvalue weighted by atomic mass is 10.1. The first-order valence-corrected chi connectivity index (χ1v) is 10.5. The van der Waals surface area contributed by atoms with Gasteiger partial charge < -0.3 is 24.4 Å². The van der Waals surface area contributed by atoms with Crippen LogP contribution >= 0.6 is 0 Å². The molecule has 170 valence electrons. The lowest BCUT2D eigenvalue weighted by Gasteiger charge is -2.27. The van der Waals surface area contributed by atoms with Gasteiger partial charge in [0.25, 0.3) is 5.91 Å². The summed E-state index contributed by atoms with van der Waals surface area (Å²) in [5.41, 5.74) is 1.36. The molecule has 2 aromatic rings. The van der Waals surface area contributed by atoms with Crippen molar-refractivity contribution in [2.45, 2.75) is 33.2 Å². The van der Waals surface area contributed by atoms with Crippen molar-refractivity contribution in [2.75, 3.05) is 30.5 Å². The molecule has 8 nitrogen and oxygen atoms in total. The minimum Gasteiger partial charge on any atom is -0.493 e. The molecule has 0 aliphatic carbocycles. The molecule has 8 heteroatoms. The molecular weight excluding hydrogens is 412 g/mol. The van der Waals surface area contributed by atoms with E-state index in [0.717, 1.165) is 0 Å². The molecule has 2 amide bonds. The highest BCUT2D eigenvalue weighted by molar-refractivity contribution is 6.05. The number of esters is 1. The second-order valence-corrected chi connectivity index (χ2v) is 8.03. The van der Waals surface area contributed by atoms with Gasteiger partial charge in [-0.2, -0.15) is 0 Å². The molecule has 0 radical (unpaired) electrons. The lowest BCUT2D eigenvalue weighted by Crippen LogP contribution is -2.41. The predicted octanol–water partition coefficient (Wildman–Crippen LogP) is 3.65. The largest absolute Gasteiger partial charge is 0.493 e. The summed E-state index contributed by atoms with van der Waals surface area (Å²) in [4.78, 5) is 39.1. The van der Waals surface area contributed by atoms with Gasteiger partial charge in [-0.1, -0.05) is 26.0 Å². The molecule has 1 aliphatic rings. The van der Waals surface area contributed by atoms with Gasteiger partial charge in [0, 0.05) is 12.5 Å². The fourth-order valence-electron chi connectivity index (χ4n) is 3.42. The first-order valence-electron chi connectivity index (χ1n) is 10.5. The van der Waals surface area contributed by atoms with Crippen LogP contribution in [-0.2, 0) is 14.3 Å². The van der Waals surface area contributed by atoms with E-state index >= 15 is 0 Å². The number of methoxy groups -OCH3 is 1. The van der Waals surface area contributed by atoms with Gasteiger partial charge in [-0.05, 0) is 43.2 Å². The van der Waals surface area contributed by atoms with Gasteiger partial charge in [0.2, 0.25) is 5.91 Å². The monoisotopic (exact) mass is 440 g/mol. The number of amides is 2. The van der Waals surface area contributed by atoms with E-state index in [2.05, 4.69) is 5.32 Å². The lowest BCUT2D eigenvalue weighted by molar-refractivity contribution is -0.122. The number of carbonyl (C=O) groups excluding carboxylic acids is 3. The number of ether oxygens (including phenoxy) is 3. The van der Waals surface area contributed by atoms with Crippen molar-refractivity contribution < 1.29 is 28.6 Å². The average Bonchev–Trinajstić information content (AvgIpc) is 2.89. The maximum absolute atomic E-state index is 13.0. The molecule has 0 saturated heterocycles. The Kier molecular flexibility index (Phi) is 7.35. The van der Waals surface area contributed by atoms with Gasteiger partial charge in [-0.25, -0.2) is 4.79 Å². The molecule has 1 atom stereocenters. The van der Waals surface area contributed by atoms with Gasteiger partial charge >= 0.3 is 5.97 Å². The Morgan fingerprint density at radius 1 is 1.16 bits per heavy atom. The van der Waals surface area contributed by atoms with Crippen molar-refractivity contribution in [3.63, 3.8) is 0 Å². The molecule has 0 aromatic heterocycles. The smallest absolute Gasteiger partial charge is 0.338 e. The zero-order valence-corrected chi connectivity index (χ0v) is 18.7. The van der Waals surface area contributed by atoms with Crippen molar-refractivity contribution >= 4 is 29.2 Å². The van der Waals surface area contributed by atoms with Crippen LogP contribution in [0.3, 0.4) is 0 Å². The molecule has 1 N–H and O–H groups in total. The summed E-state index contributed by atoms with van der Waals surface area (Å²) in [6.45, 7) is 5.90. The van der Waals surface area contributed by atoms with E-state index in [9.17, 15) is 14.4 Å². The summed E-state index contributed by atoms with van der Waals surface area (Å²) >= 11 is 0. The van der Waals surface area contributed by atoms with Gasteiger partial charge in [0.15, 0.2) is 18.1 Å². The molecular formula is C24H28N2O6. The molecule has 1 heterocycles. The molecule has 0 bridgehead atoms. The summed E-state index contributed by atoms with van der Waals surface area (Å²) in [5.74, 6) is 0.0271. The van der Waals surface area contributed by atoms with Crippen LogP contribution in [0.5, 0.6) is 11.5 Å². The molecule has 1 unspecified atom stereocenters. The highest BCUT2D eigenvalue weighted by Gasteiger charge is 2.30. The van der Waals surface area contributed by atoms with Crippen LogP contribution in [0.4, 0.5) is 11.4 Å². The first-order chi connectivity index (χ1) is 15.3. The van der Waals surface area contributed by atoms with Gasteiger partial charge in [0.1, 0.15) is 0 Å². The number of nitrogens with zero attached hydrogens (tertiary/aromatic N) is 1. The van der Waals surface area contributed by atoms with Crippen LogP contribution in [0, 0.1) is 5.92 Å². The van der Waals surface area contributed by atoms with Crippen LogP contribution < -0.4 is 19.7 Å². The molecule has 0 spiro atoms. The Labute approximate surface area is 187 Å². The number of rotatable bonds is 7. The van der Waals surface area contributed by atoms with Crippen molar-refractivity contribution in [3.05, 3.63) is 48.0 Å². The van der Waals surface area contributed by atoms with E-state index in [1.54, 1.807) is 43.3 Å². The molecule has 32 heavy (non-hydrogen) atoms. The maximum atomic E-state index is 13.0. The standard InChI is InChI=1S/C24H28N2O6/c1-15(2)13-31-20-10-9-17(12-21(20)30-4)24(29)32-14-23(28)26-16(3)11-22(27)25-18-7-5-6-8-19(18)26/h5-10,12,15-16H,11,13-14H2,1-4H3,(H,25,27). The zero-order chi connectivity index (χ0) is 23.3. The highest BCUT2D eigenvalue weighted by atomic mass is 16.5. The Bertz CT molecular complexity index is 1000. The third kappa shape index (κ3) is 5.38. The summed E-state index contributed by atoms with van der Waals surface area (Å²) in [5, 5.41) is 2.80. The van der Waals surface area contributed by atoms with E-state index < -0.39 is 18.5 Å². The first kappa shape index (κ1) is 23.1. The van der Waals surface area contributed by atoms with Gasteiger partial charge in [-0.3, -0.25) is 9.59 Å². The van der Waals surface area contributed by atoms with E-state index in [0.29, 0.717) is 35.4 Å². The van der Waals surface area contributed by atoms with Crippen molar-refractivity contribution in [1.29, 1.82) is 0 Å². The van der Waals surface area contributed by atoms with Crippen molar-refractivity contribution in [3.8, 4) is 11.5 Å². The van der Waals surface area contributed by atoms with Crippen molar-refractivity contribution in [1.82, 2.24) is 0 Å². The summed E-state index contributed by atoms with van der Waals surface area (Å²) in [7, 11) is 1.49. The Balaban J connectivity index is 1.70. The molecule has 1 aliphatic heterocycles. The molecule has 0 saturated carbocycles. The van der Waals surface area contributed by atoms with Crippen LogP contribution in [0.2, 0.25) is 0 Å². The molecule has 2 aromatic carbocycles. The number of hydrogen-bond donors (Lipinski definition) is 1. The number of hydrogen-bond acceptors (Lipinski definition) is 6. The number of carbonyl (C=O) groups is 3. The number of anilines is 2. The summed E-state index contributed by atoms with van der Waals surface area (Å²) < 4.78 is 16.3. The van der Waals surface area contributed by atoms with Crippen molar-refractivity contribution in [2.24, 2.45) is 5.92 Å². The van der Waals surface area contributed by atoms with Crippen LogP contribution in [0.1, 0.15) is 37.6 Å². The molecule has 0 fully saturated rings. The normalized spacial score (nSPS) is 15.5. The number of fused-ring (bicyclic) bond motifs is 1. The maximum Gasteiger partial charge on any atom is 0.338 e. The third-order valence-corrected chi connectivity index (χ3v) is 4.93. The Hall–Kier alpha value is -3.55. The number of benzene rings is 2. The third-order valence-electron chi connectivity index (χ3n) is 4.93. The van der Waals surface area contributed by atoms with Crippen LogP contribution in [0.25, 0.3) is 0 Å². The second-order valence-electron chi connectivity index (χ2n) is 8.03. The van der Waals surface area contributed by atoms with Gasteiger partial charge in [0.05, 0.1) is 30.7 Å². The predicted molar refractivity (Wildman–Crippen MR) is 120 cm³/mol. The van der Waals surface area contributed by atoms with E-state index in [-0.39, 0.29) is 23.9 Å². The SMILES string of the molecule is COc1cc(C(=O)OCC(=O)N2c3ccccc3NC(=O)CC2C)ccc1OCC(C)C. The highest BCUT2D eigenvalue weighted by Crippen LogP contribution is 2.32. The minimum absolute atomic E-state index is 0.142. The second kappa shape index (κ2) is 10.2. The molecule has 3 rings (SSSR count). The Morgan fingerprint density at radius 2 is 1.91 bits per heavy atom. The number of nitrogens with one attached hydrogen (secondary N) is 1. The fraction of sp³-hybridized carbons (Fsp3) is 0.375. The van der Waals surface area contributed by atoms with E-state index in [1.807, 2.05) is 13.8 Å². The van der Waals surface area contributed by atoms with E-state index in [4.69, 9.17) is 14.2 Å². The van der Waals surface area contributed by atoms with Crippen LogP contribution in [-0.4, -0.2) is 44.1 Å². The quantitative estimate of drug-likeness (QED) is 0.661. The van der Waals surface area contributed by atoms with Gasteiger partial charge in [-0.15, -0.1) is 0 Å². The average molecular weight is 440 g/mol. The fourth-order valence-corrected chi connectivity index (χ4v) is 3.42. The summed E-state index contributed by atoms with van der Waals surface area (Å²) in [6.07, 6.45) is 0.142. The Morgan fingerprint density at radius 3 is 2.62 bits per heavy atom. The minimum atomic E-state index is -0.656. The zero-order valence-electron chi connectivity index (χ0n) is 18.7. The summed E-state index contributed by atoms with van der Waals surface area (Å²) in [6, 6.07) is 11.4. The topological polar surface area (TPSA) is 94.2 Å². The van der Waals surface area contributed by atoms with Crippen LogP contribution in [0.15, 0.2) is 42.5 Å². The van der Waals surface area contributed by atoms with E-state index in [1.165, 1.54) is 18.1 Å². The number of para-hydroxylation sites is 2.